The SMILES string of the molecule is Br.CCCCCCCCCCCCCCC(C)=O.CN(C)C. The van der Waals surface area contributed by atoms with E-state index in [1.807, 2.05) is 26.0 Å². The molecule has 0 aromatic heterocycles. The van der Waals surface area contributed by atoms with Crippen LogP contribution in [0.3, 0.4) is 0 Å². The Bertz CT molecular complexity index is 205. The lowest BCUT2D eigenvalue weighted by Gasteiger charge is -2.02. The summed E-state index contributed by atoms with van der Waals surface area (Å²) in [5, 5.41) is 0. The van der Waals surface area contributed by atoms with Crippen molar-refractivity contribution in [3.63, 3.8) is 0 Å². The van der Waals surface area contributed by atoms with E-state index in [-0.39, 0.29) is 17.0 Å². The first kappa shape index (κ1) is 27.0. The Kier molecular flexibility index (Phi) is 28.7. The fourth-order valence-corrected chi connectivity index (χ4v) is 2.21. The maximum absolute atomic E-state index is 10.7. The Labute approximate surface area is 151 Å². The Morgan fingerprint density at radius 2 is 0.955 bits per heavy atom. The van der Waals surface area contributed by atoms with E-state index < -0.39 is 0 Å². The minimum absolute atomic E-state index is 0. The lowest BCUT2D eigenvalue weighted by atomic mass is 10.0. The predicted molar refractivity (Wildman–Crippen MR) is 106 cm³/mol. The minimum Gasteiger partial charge on any atom is -0.312 e. The summed E-state index contributed by atoms with van der Waals surface area (Å²) < 4.78 is 0. The highest BCUT2D eigenvalue weighted by molar-refractivity contribution is 8.93. The van der Waals surface area contributed by atoms with Gasteiger partial charge in [-0.3, -0.25) is 0 Å². The van der Waals surface area contributed by atoms with Crippen molar-refractivity contribution in [3.8, 4) is 0 Å². The molecule has 0 N–H and O–H groups in total. The number of Topliss-reactive ketones (excluding diaryl/α,β-unsaturated/α-hetero) is 1. The van der Waals surface area contributed by atoms with Crippen LogP contribution in [0.25, 0.3) is 0 Å². The zero-order valence-corrected chi connectivity index (χ0v) is 17.7. The van der Waals surface area contributed by atoms with Gasteiger partial charge in [-0.25, -0.2) is 0 Å². The first-order valence-electron chi connectivity index (χ1n) is 9.11. The molecule has 0 rings (SSSR count). The van der Waals surface area contributed by atoms with E-state index in [1.165, 1.54) is 70.6 Å². The van der Waals surface area contributed by atoms with Crippen LogP contribution in [0.15, 0.2) is 0 Å². The zero-order chi connectivity index (χ0) is 16.3. The highest BCUT2D eigenvalue weighted by atomic mass is 79.9. The quantitative estimate of drug-likeness (QED) is 0.344. The van der Waals surface area contributed by atoms with Crippen LogP contribution in [0.1, 0.15) is 97.3 Å². The zero-order valence-electron chi connectivity index (χ0n) is 16.0. The number of hydrogen-bond acceptors (Lipinski definition) is 2. The van der Waals surface area contributed by atoms with E-state index in [2.05, 4.69) is 6.92 Å². The Hall–Kier alpha value is 0.110. The van der Waals surface area contributed by atoms with Gasteiger partial charge in [-0.05, 0) is 34.5 Å². The first-order valence-corrected chi connectivity index (χ1v) is 9.11. The lowest BCUT2D eigenvalue weighted by molar-refractivity contribution is -0.117. The van der Waals surface area contributed by atoms with Crippen LogP contribution >= 0.6 is 17.0 Å². The summed E-state index contributed by atoms with van der Waals surface area (Å²) in [6.45, 7) is 3.96. The average Bonchev–Trinajstić information content (AvgIpc) is 2.39. The molecular formula is C19H42BrNO. The van der Waals surface area contributed by atoms with Crippen LogP contribution in [0.5, 0.6) is 0 Å². The van der Waals surface area contributed by atoms with Gasteiger partial charge in [0.05, 0.1) is 0 Å². The van der Waals surface area contributed by atoms with E-state index in [1.54, 1.807) is 6.92 Å². The van der Waals surface area contributed by atoms with Crippen molar-refractivity contribution in [1.29, 1.82) is 0 Å². The Morgan fingerprint density at radius 1 is 0.682 bits per heavy atom. The summed E-state index contributed by atoms with van der Waals surface area (Å²) in [5.41, 5.74) is 0. The van der Waals surface area contributed by atoms with Crippen LogP contribution in [0.4, 0.5) is 0 Å². The second kappa shape index (κ2) is 23.4. The summed E-state index contributed by atoms with van der Waals surface area (Å²) in [4.78, 5) is 12.7. The van der Waals surface area contributed by atoms with Crippen LogP contribution in [-0.2, 0) is 4.79 Å². The summed E-state index contributed by atoms with van der Waals surface area (Å²) in [6, 6.07) is 0. The monoisotopic (exact) mass is 379 g/mol. The fourth-order valence-electron chi connectivity index (χ4n) is 2.21. The molecule has 136 valence electrons. The summed E-state index contributed by atoms with van der Waals surface area (Å²) in [5.74, 6) is 0.345. The maximum atomic E-state index is 10.7. The largest absolute Gasteiger partial charge is 0.312 e. The topological polar surface area (TPSA) is 20.3 Å². The molecular weight excluding hydrogens is 338 g/mol. The maximum Gasteiger partial charge on any atom is 0.129 e. The number of ketones is 1. The van der Waals surface area contributed by atoms with Crippen molar-refractivity contribution in [2.24, 2.45) is 0 Å². The highest BCUT2D eigenvalue weighted by Crippen LogP contribution is 2.12. The number of nitrogens with zero attached hydrogens (tertiary/aromatic N) is 1. The highest BCUT2D eigenvalue weighted by Gasteiger charge is 1.95. The molecule has 0 spiro atoms. The molecule has 3 heteroatoms. The second-order valence-corrected chi connectivity index (χ2v) is 6.68. The molecule has 0 aromatic rings. The van der Waals surface area contributed by atoms with Crippen LogP contribution in [0, 0.1) is 0 Å². The molecule has 2 nitrogen and oxygen atoms in total. The van der Waals surface area contributed by atoms with Gasteiger partial charge in [0.2, 0.25) is 0 Å². The smallest absolute Gasteiger partial charge is 0.129 e. The molecule has 0 bridgehead atoms. The molecule has 0 atom stereocenters. The van der Waals surface area contributed by atoms with Gasteiger partial charge in [-0.2, -0.15) is 0 Å². The molecule has 0 unspecified atom stereocenters. The molecule has 0 radical (unpaired) electrons. The van der Waals surface area contributed by atoms with Crippen molar-refractivity contribution >= 4 is 22.8 Å². The van der Waals surface area contributed by atoms with Gasteiger partial charge in [-0.1, -0.05) is 77.6 Å². The van der Waals surface area contributed by atoms with E-state index in [0.29, 0.717) is 5.78 Å². The van der Waals surface area contributed by atoms with E-state index in [0.717, 1.165) is 12.8 Å². The predicted octanol–water partition coefficient (Wildman–Crippen LogP) is 6.42. The van der Waals surface area contributed by atoms with E-state index in [9.17, 15) is 4.79 Å². The normalized spacial score (nSPS) is 9.91. The molecule has 0 saturated heterocycles. The van der Waals surface area contributed by atoms with Gasteiger partial charge in [0, 0.05) is 6.42 Å². The van der Waals surface area contributed by atoms with Crippen molar-refractivity contribution in [3.05, 3.63) is 0 Å². The number of hydrogen-bond donors (Lipinski definition) is 0. The number of carbonyl (C=O) groups is 1. The lowest BCUT2D eigenvalue weighted by Crippen LogP contribution is -1.99. The molecule has 0 aliphatic heterocycles. The molecule has 0 aliphatic carbocycles. The van der Waals surface area contributed by atoms with Crippen LogP contribution in [0.2, 0.25) is 0 Å². The van der Waals surface area contributed by atoms with Crippen LogP contribution < -0.4 is 0 Å². The van der Waals surface area contributed by atoms with E-state index >= 15 is 0 Å². The molecule has 0 fully saturated rings. The Balaban J connectivity index is -0.000000640. The molecule has 0 aromatic carbocycles. The van der Waals surface area contributed by atoms with Gasteiger partial charge >= 0.3 is 0 Å². The summed E-state index contributed by atoms with van der Waals surface area (Å²) in [6.07, 6.45) is 17.1. The van der Waals surface area contributed by atoms with Gasteiger partial charge in [0.15, 0.2) is 0 Å². The standard InChI is InChI=1S/C16H32O.C3H9N.BrH/c1-3-4-5-6-7-8-9-10-11-12-13-14-15-16(2)17;1-4(2)3;/h3-15H2,1-2H3;1-3H3;1H. The first-order chi connectivity index (χ1) is 10.0. The van der Waals surface area contributed by atoms with Crippen molar-refractivity contribution in [1.82, 2.24) is 4.90 Å². The Morgan fingerprint density at radius 3 is 1.23 bits per heavy atom. The van der Waals surface area contributed by atoms with Gasteiger partial charge in [0.1, 0.15) is 5.78 Å². The molecule has 0 aliphatic rings. The summed E-state index contributed by atoms with van der Waals surface area (Å²) >= 11 is 0. The number of rotatable bonds is 13. The number of halogens is 1. The van der Waals surface area contributed by atoms with E-state index in [4.69, 9.17) is 0 Å². The molecule has 0 saturated carbocycles. The van der Waals surface area contributed by atoms with Gasteiger partial charge < -0.3 is 9.69 Å². The third kappa shape index (κ3) is 36.9. The van der Waals surface area contributed by atoms with Crippen molar-refractivity contribution in [2.45, 2.75) is 97.3 Å². The number of carbonyl (C=O) groups excluding carboxylic acids is 1. The average molecular weight is 380 g/mol. The molecule has 0 amide bonds. The third-order valence-corrected chi connectivity index (χ3v) is 3.38. The third-order valence-electron chi connectivity index (χ3n) is 3.38. The van der Waals surface area contributed by atoms with Crippen molar-refractivity contribution in [2.75, 3.05) is 21.1 Å². The minimum atomic E-state index is 0. The summed E-state index contributed by atoms with van der Waals surface area (Å²) in [7, 11) is 6.00. The van der Waals surface area contributed by atoms with Crippen molar-refractivity contribution < 1.29 is 4.79 Å². The number of unbranched alkanes of at least 4 members (excludes halogenated alkanes) is 11. The van der Waals surface area contributed by atoms with Gasteiger partial charge in [0.25, 0.3) is 0 Å². The second-order valence-electron chi connectivity index (χ2n) is 6.68. The fraction of sp³-hybridized carbons (Fsp3) is 0.947. The van der Waals surface area contributed by atoms with Gasteiger partial charge in [-0.15, -0.1) is 17.0 Å². The molecule has 0 heterocycles. The van der Waals surface area contributed by atoms with Crippen LogP contribution in [-0.4, -0.2) is 31.8 Å². The molecule has 22 heavy (non-hydrogen) atoms.